The maximum atomic E-state index is 11.9. The van der Waals surface area contributed by atoms with Crippen LogP contribution in [0.25, 0.3) is 0 Å². The fourth-order valence-electron chi connectivity index (χ4n) is 2.91. The molecule has 3 nitrogen and oxygen atoms in total. The van der Waals surface area contributed by atoms with E-state index in [1.807, 2.05) is 0 Å². The van der Waals surface area contributed by atoms with Crippen LogP contribution in [0.2, 0.25) is 0 Å². The summed E-state index contributed by atoms with van der Waals surface area (Å²) in [5.74, 6) is 0.244. The monoisotopic (exact) mass is 306 g/mol. The molecular formula is C19H30O3. The minimum absolute atomic E-state index is 0.112. The van der Waals surface area contributed by atoms with Crippen LogP contribution in [0.4, 0.5) is 0 Å². The smallest absolute Gasteiger partial charge is 0.305 e. The van der Waals surface area contributed by atoms with Gasteiger partial charge in [-0.05, 0) is 44.1 Å². The first kappa shape index (κ1) is 18.7. The Hall–Kier alpha value is -1.38. The highest BCUT2D eigenvalue weighted by atomic mass is 16.5. The Kier molecular flexibility index (Phi) is 9.52. The van der Waals surface area contributed by atoms with E-state index in [2.05, 4.69) is 23.8 Å². The van der Waals surface area contributed by atoms with Gasteiger partial charge in [0, 0.05) is 12.8 Å². The van der Waals surface area contributed by atoms with Crippen LogP contribution in [-0.2, 0) is 14.3 Å². The molecular weight excluding hydrogens is 276 g/mol. The van der Waals surface area contributed by atoms with Gasteiger partial charge in [-0.15, -0.1) is 0 Å². The van der Waals surface area contributed by atoms with E-state index in [1.165, 1.54) is 19.1 Å². The fourth-order valence-corrected chi connectivity index (χ4v) is 2.91. The van der Waals surface area contributed by atoms with Crippen molar-refractivity contribution in [3.63, 3.8) is 0 Å². The number of esters is 1. The zero-order valence-corrected chi connectivity index (χ0v) is 14.2. The van der Waals surface area contributed by atoms with Gasteiger partial charge in [0.25, 0.3) is 0 Å². The minimum Gasteiger partial charge on any atom is -0.469 e. The Morgan fingerprint density at radius 2 is 1.82 bits per heavy atom. The SMILES string of the molecule is CC/C=C\CC1=C(CCCCCCCC(=O)OC)CCC1=O. The molecule has 124 valence electrons. The first-order valence-electron chi connectivity index (χ1n) is 8.65. The highest BCUT2D eigenvalue weighted by molar-refractivity contribution is 5.98. The van der Waals surface area contributed by atoms with Crippen LogP contribution < -0.4 is 0 Å². The van der Waals surface area contributed by atoms with Gasteiger partial charge in [0.1, 0.15) is 0 Å². The van der Waals surface area contributed by atoms with Crippen LogP contribution in [0.15, 0.2) is 23.3 Å². The van der Waals surface area contributed by atoms with Gasteiger partial charge in [0.05, 0.1) is 7.11 Å². The number of allylic oxidation sites excluding steroid dienone is 4. The van der Waals surface area contributed by atoms with Crippen LogP contribution in [0.3, 0.4) is 0 Å². The minimum atomic E-state index is -0.112. The van der Waals surface area contributed by atoms with Crippen molar-refractivity contribution in [3.05, 3.63) is 23.3 Å². The second-order valence-corrected chi connectivity index (χ2v) is 5.93. The lowest BCUT2D eigenvalue weighted by molar-refractivity contribution is -0.140. The second kappa shape index (κ2) is 11.2. The number of ether oxygens (including phenoxy) is 1. The first-order chi connectivity index (χ1) is 10.7. The molecule has 0 radical (unpaired) electrons. The zero-order chi connectivity index (χ0) is 16.2. The summed E-state index contributed by atoms with van der Waals surface area (Å²) in [5, 5.41) is 0. The lowest BCUT2D eigenvalue weighted by Crippen LogP contribution is -1.99. The van der Waals surface area contributed by atoms with Crippen LogP contribution >= 0.6 is 0 Å². The maximum Gasteiger partial charge on any atom is 0.305 e. The molecule has 3 heteroatoms. The molecule has 0 aliphatic heterocycles. The molecule has 0 saturated carbocycles. The third-order valence-corrected chi connectivity index (χ3v) is 4.23. The van der Waals surface area contributed by atoms with Gasteiger partial charge in [-0.3, -0.25) is 9.59 Å². The molecule has 0 aromatic rings. The highest BCUT2D eigenvalue weighted by Crippen LogP contribution is 2.29. The lowest BCUT2D eigenvalue weighted by Gasteiger charge is -2.05. The predicted octanol–water partition coefficient (Wildman–Crippen LogP) is 4.91. The summed E-state index contributed by atoms with van der Waals surface area (Å²) in [4.78, 5) is 22.9. The first-order valence-corrected chi connectivity index (χ1v) is 8.65. The quantitative estimate of drug-likeness (QED) is 0.309. The van der Waals surface area contributed by atoms with Gasteiger partial charge in [0.2, 0.25) is 0 Å². The van der Waals surface area contributed by atoms with Gasteiger partial charge in [0.15, 0.2) is 5.78 Å². The molecule has 0 fully saturated rings. The van der Waals surface area contributed by atoms with Gasteiger partial charge < -0.3 is 4.74 Å². The molecule has 0 N–H and O–H groups in total. The molecule has 0 bridgehead atoms. The van der Waals surface area contributed by atoms with Gasteiger partial charge in [-0.2, -0.15) is 0 Å². The Bertz CT molecular complexity index is 418. The average molecular weight is 306 g/mol. The Morgan fingerprint density at radius 1 is 1.09 bits per heavy atom. The van der Waals surface area contributed by atoms with E-state index in [-0.39, 0.29) is 5.97 Å². The van der Waals surface area contributed by atoms with Crippen LogP contribution in [0.5, 0.6) is 0 Å². The van der Waals surface area contributed by atoms with Crippen molar-refractivity contribution in [2.24, 2.45) is 0 Å². The summed E-state index contributed by atoms with van der Waals surface area (Å²) in [6.45, 7) is 2.11. The number of hydrogen-bond donors (Lipinski definition) is 0. The van der Waals surface area contributed by atoms with E-state index < -0.39 is 0 Å². The van der Waals surface area contributed by atoms with Crippen LogP contribution in [0.1, 0.15) is 77.6 Å². The molecule has 0 amide bonds. The van der Waals surface area contributed by atoms with Gasteiger partial charge in [-0.25, -0.2) is 0 Å². The molecule has 0 saturated heterocycles. The maximum absolute atomic E-state index is 11.9. The largest absolute Gasteiger partial charge is 0.469 e. The van der Waals surface area contributed by atoms with Crippen molar-refractivity contribution >= 4 is 11.8 Å². The number of carbonyl (C=O) groups is 2. The summed E-state index contributed by atoms with van der Waals surface area (Å²) >= 11 is 0. The van der Waals surface area contributed by atoms with E-state index in [0.717, 1.165) is 56.9 Å². The molecule has 0 heterocycles. The third kappa shape index (κ3) is 7.06. The topological polar surface area (TPSA) is 43.4 Å². The predicted molar refractivity (Wildman–Crippen MR) is 89.7 cm³/mol. The van der Waals surface area contributed by atoms with Crippen molar-refractivity contribution < 1.29 is 14.3 Å². The van der Waals surface area contributed by atoms with Crippen molar-refractivity contribution in [3.8, 4) is 0 Å². The van der Waals surface area contributed by atoms with Crippen molar-refractivity contribution in [2.75, 3.05) is 7.11 Å². The summed E-state index contributed by atoms with van der Waals surface area (Å²) in [6.07, 6.45) is 14.9. The zero-order valence-electron chi connectivity index (χ0n) is 14.2. The molecule has 0 atom stereocenters. The van der Waals surface area contributed by atoms with Gasteiger partial charge in [-0.1, -0.05) is 43.9 Å². The number of rotatable bonds is 11. The molecule has 0 unspecified atom stereocenters. The molecule has 0 aromatic heterocycles. The third-order valence-electron chi connectivity index (χ3n) is 4.23. The lowest BCUT2D eigenvalue weighted by atomic mass is 10.0. The van der Waals surface area contributed by atoms with E-state index in [0.29, 0.717) is 18.6 Å². The summed E-state index contributed by atoms with van der Waals surface area (Å²) in [7, 11) is 1.44. The molecule has 22 heavy (non-hydrogen) atoms. The number of carbonyl (C=O) groups excluding carboxylic acids is 2. The van der Waals surface area contributed by atoms with Crippen LogP contribution in [0, 0.1) is 0 Å². The van der Waals surface area contributed by atoms with Crippen molar-refractivity contribution in [2.45, 2.75) is 77.6 Å². The van der Waals surface area contributed by atoms with E-state index in [9.17, 15) is 9.59 Å². The Balaban J connectivity index is 2.20. The molecule has 0 spiro atoms. The van der Waals surface area contributed by atoms with Crippen molar-refractivity contribution in [1.29, 1.82) is 0 Å². The molecule has 1 rings (SSSR count). The number of methoxy groups -OCH3 is 1. The van der Waals surface area contributed by atoms with Crippen molar-refractivity contribution in [1.82, 2.24) is 0 Å². The van der Waals surface area contributed by atoms with Gasteiger partial charge >= 0.3 is 5.97 Å². The molecule has 1 aliphatic carbocycles. The summed E-state index contributed by atoms with van der Waals surface area (Å²) in [6, 6.07) is 0. The highest BCUT2D eigenvalue weighted by Gasteiger charge is 2.20. The van der Waals surface area contributed by atoms with Crippen LogP contribution in [-0.4, -0.2) is 18.9 Å². The fraction of sp³-hybridized carbons (Fsp3) is 0.684. The number of ketones is 1. The van der Waals surface area contributed by atoms with E-state index in [4.69, 9.17) is 0 Å². The van der Waals surface area contributed by atoms with E-state index >= 15 is 0 Å². The standard InChI is InChI=1S/C19H30O3/c1-3-4-8-12-17-16(14-15-18(17)20)11-9-6-5-7-10-13-19(21)22-2/h4,8H,3,5-7,9-15H2,1-2H3/b8-4-. The Labute approximate surface area is 134 Å². The average Bonchev–Trinajstić information content (AvgIpc) is 2.87. The number of hydrogen-bond acceptors (Lipinski definition) is 3. The van der Waals surface area contributed by atoms with E-state index in [1.54, 1.807) is 0 Å². The summed E-state index contributed by atoms with van der Waals surface area (Å²) in [5.41, 5.74) is 2.47. The Morgan fingerprint density at radius 3 is 2.55 bits per heavy atom. The molecule has 0 aromatic carbocycles. The number of unbranched alkanes of at least 4 members (excludes halogenated alkanes) is 4. The normalized spacial score (nSPS) is 15.1. The second-order valence-electron chi connectivity index (χ2n) is 5.93. The molecule has 1 aliphatic rings. The summed E-state index contributed by atoms with van der Waals surface area (Å²) < 4.78 is 4.63. The number of Topliss-reactive ketones (excluding diaryl/α,β-unsaturated/α-hetero) is 1.